The van der Waals surface area contributed by atoms with Gasteiger partial charge >= 0.3 is 5.97 Å². The van der Waals surface area contributed by atoms with E-state index in [1.807, 2.05) is 11.8 Å². The molecule has 0 amide bonds. The number of rotatable bonds is 2. The Kier molecular flexibility index (Phi) is 2.42. The van der Waals surface area contributed by atoms with Crippen molar-refractivity contribution in [3.8, 4) is 0 Å². The predicted octanol–water partition coefficient (Wildman–Crippen LogP) is 1.75. The Hall–Kier alpha value is -0.970. The van der Waals surface area contributed by atoms with Crippen LogP contribution < -0.4 is 0 Å². The molecule has 0 bridgehead atoms. The van der Waals surface area contributed by atoms with Gasteiger partial charge < -0.3 is 5.11 Å². The standard InChI is InChI=1S/C11H14N2O2S/c14-11(15)10-8-3-1-2-4-9(8)12-13(10)7-5-16-6-7/h7H,1-6H2,(H,14,15). The lowest BCUT2D eigenvalue weighted by Crippen LogP contribution is -2.27. The van der Waals surface area contributed by atoms with Crippen molar-refractivity contribution < 1.29 is 9.90 Å². The van der Waals surface area contributed by atoms with Crippen LogP contribution in [0.1, 0.15) is 40.6 Å². The normalized spacial score (nSPS) is 20.2. The molecule has 4 nitrogen and oxygen atoms in total. The molecule has 0 aromatic carbocycles. The third-order valence-corrected chi connectivity index (χ3v) is 4.59. The van der Waals surface area contributed by atoms with E-state index in [4.69, 9.17) is 0 Å². The largest absolute Gasteiger partial charge is 0.477 e. The van der Waals surface area contributed by atoms with Crippen LogP contribution in [-0.2, 0) is 12.8 Å². The fourth-order valence-electron chi connectivity index (χ4n) is 2.43. The number of thioether (sulfide) groups is 1. The molecule has 3 rings (SSSR count). The van der Waals surface area contributed by atoms with E-state index in [0.29, 0.717) is 11.7 Å². The van der Waals surface area contributed by atoms with Gasteiger partial charge in [0.15, 0.2) is 0 Å². The lowest BCUT2D eigenvalue weighted by molar-refractivity contribution is 0.0680. The summed E-state index contributed by atoms with van der Waals surface area (Å²) in [6, 6.07) is 0.307. The zero-order valence-electron chi connectivity index (χ0n) is 8.98. The Balaban J connectivity index is 2.08. The molecule has 0 saturated carbocycles. The topological polar surface area (TPSA) is 55.1 Å². The lowest BCUT2D eigenvalue weighted by Gasteiger charge is -2.26. The zero-order valence-corrected chi connectivity index (χ0v) is 9.79. The maximum atomic E-state index is 11.3. The van der Waals surface area contributed by atoms with E-state index < -0.39 is 5.97 Å². The van der Waals surface area contributed by atoms with Crippen LogP contribution in [0.5, 0.6) is 0 Å². The Morgan fingerprint density at radius 3 is 2.75 bits per heavy atom. The molecule has 16 heavy (non-hydrogen) atoms. The number of aromatic carboxylic acids is 1. The summed E-state index contributed by atoms with van der Waals surface area (Å²) >= 11 is 1.85. The molecule has 5 heteroatoms. The summed E-state index contributed by atoms with van der Waals surface area (Å²) in [7, 11) is 0. The number of carboxylic acids is 1. The van der Waals surface area contributed by atoms with Crippen LogP contribution in [0.2, 0.25) is 0 Å². The third kappa shape index (κ3) is 1.45. The molecular weight excluding hydrogens is 224 g/mol. The fourth-order valence-corrected chi connectivity index (χ4v) is 3.16. The highest BCUT2D eigenvalue weighted by Crippen LogP contribution is 2.33. The highest BCUT2D eigenvalue weighted by molar-refractivity contribution is 8.00. The van der Waals surface area contributed by atoms with Gasteiger partial charge in [0.2, 0.25) is 0 Å². The summed E-state index contributed by atoms with van der Waals surface area (Å²) < 4.78 is 1.77. The first kappa shape index (κ1) is 10.2. The zero-order chi connectivity index (χ0) is 11.1. The van der Waals surface area contributed by atoms with Crippen molar-refractivity contribution in [2.75, 3.05) is 11.5 Å². The van der Waals surface area contributed by atoms with Gasteiger partial charge in [-0.15, -0.1) is 0 Å². The second-order valence-corrected chi connectivity index (χ2v) is 5.50. The average Bonchev–Trinajstić information content (AvgIpc) is 2.53. The molecule has 1 fully saturated rings. The lowest BCUT2D eigenvalue weighted by atomic mass is 9.96. The molecular formula is C11H14N2O2S. The Morgan fingerprint density at radius 2 is 2.12 bits per heavy atom. The SMILES string of the molecule is O=C(O)c1c2c(nn1C1CSC1)CCCC2. The molecule has 0 atom stereocenters. The van der Waals surface area contributed by atoms with Crippen LogP contribution in [0.25, 0.3) is 0 Å². The molecule has 2 heterocycles. The van der Waals surface area contributed by atoms with Gasteiger partial charge in [-0.3, -0.25) is 4.68 Å². The Bertz CT molecular complexity index is 437. The van der Waals surface area contributed by atoms with E-state index >= 15 is 0 Å². The van der Waals surface area contributed by atoms with E-state index in [-0.39, 0.29) is 0 Å². The average molecular weight is 238 g/mol. The summed E-state index contributed by atoms with van der Waals surface area (Å²) in [6.45, 7) is 0. The van der Waals surface area contributed by atoms with Crippen molar-refractivity contribution in [1.29, 1.82) is 0 Å². The quantitative estimate of drug-likeness (QED) is 0.852. The number of carboxylic acid groups (broad SMARTS) is 1. The number of aryl methyl sites for hydroxylation is 1. The molecule has 86 valence electrons. The van der Waals surface area contributed by atoms with Crippen molar-refractivity contribution in [3.05, 3.63) is 17.0 Å². The Labute approximate surface area is 98.0 Å². The number of hydrogen-bond acceptors (Lipinski definition) is 3. The van der Waals surface area contributed by atoms with Crippen LogP contribution in [0.4, 0.5) is 0 Å². The smallest absolute Gasteiger partial charge is 0.354 e. The summed E-state index contributed by atoms with van der Waals surface area (Å²) in [5.74, 6) is 1.19. The molecule has 1 aromatic rings. The summed E-state index contributed by atoms with van der Waals surface area (Å²) in [6.07, 6.45) is 4.07. The van der Waals surface area contributed by atoms with E-state index in [1.165, 1.54) is 0 Å². The van der Waals surface area contributed by atoms with Gasteiger partial charge in [-0.1, -0.05) is 0 Å². The number of nitrogens with zero attached hydrogens (tertiary/aromatic N) is 2. The monoisotopic (exact) mass is 238 g/mol. The highest BCUT2D eigenvalue weighted by atomic mass is 32.2. The first-order valence-corrected chi connectivity index (χ1v) is 6.84. The van der Waals surface area contributed by atoms with Crippen LogP contribution in [0.3, 0.4) is 0 Å². The molecule has 1 aliphatic heterocycles. The molecule has 1 aromatic heterocycles. The van der Waals surface area contributed by atoms with E-state index in [0.717, 1.165) is 48.4 Å². The van der Waals surface area contributed by atoms with Gasteiger partial charge in [0.25, 0.3) is 0 Å². The van der Waals surface area contributed by atoms with E-state index in [2.05, 4.69) is 5.10 Å². The highest BCUT2D eigenvalue weighted by Gasteiger charge is 2.31. The summed E-state index contributed by atoms with van der Waals surface area (Å²) in [5, 5.41) is 13.8. The molecule has 1 N–H and O–H groups in total. The predicted molar refractivity (Wildman–Crippen MR) is 62.2 cm³/mol. The molecule has 1 aliphatic carbocycles. The number of hydrogen-bond donors (Lipinski definition) is 1. The maximum Gasteiger partial charge on any atom is 0.354 e. The van der Waals surface area contributed by atoms with Crippen LogP contribution >= 0.6 is 11.8 Å². The van der Waals surface area contributed by atoms with Gasteiger partial charge in [0.05, 0.1) is 11.7 Å². The number of fused-ring (bicyclic) bond motifs is 1. The van der Waals surface area contributed by atoms with E-state index in [1.54, 1.807) is 4.68 Å². The second-order valence-electron chi connectivity index (χ2n) is 4.42. The van der Waals surface area contributed by atoms with Gasteiger partial charge in [-0.25, -0.2) is 4.79 Å². The maximum absolute atomic E-state index is 11.3. The van der Waals surface area contributed by atoms with Crippen molar-refractivity contribution in [2.45, 2.75) is 31.7 Å². The van der Waals surface area contributed by atoms with Crippen LogP contribution in [-0.4, -0.2) is 32.4 Å². The van der Waals surface area contributed by atoms with Gasteiger partial charge in [0, 0.05) is 17.1 Å². The molecule has 0 spiro atoms. The van der Waals surface area contributed by atoms with Gasteiger partial charge in [-0.2, -0.15) is 16.9 Å². The molecule has 0 unspecified atom stereocenters. The minimum atomic E-state index is -0.812. The minimum Gasteiger partial charge on any atom is -0.477 e. The summed E-state index contributed by atoms with van der Waals surface area (Å²) in [5.41, 5.74) is 2.48. The number of carbonyl (C=O) groups is 1. The second kappa shape index (κ2) is 3.80. The fraction of sp³-hybridized carbons (Fsp3) is 0.636. The third-order valence-electron chi connectivity index (χ3n) is 3.35. The first-order valence-electron chi connectivity index (χ1n) is 5.68. The van der Waals surface area contributed by atoms with Crippen molar-refractivity contribution >= 4 is 17.7 Å². The first-order chi connectivity index (χ1) is 7.77. The molecule has 1 saturated heterocycles. The van der Waals surface area contributed by atoms with Gasteiger partial charge in [0.1, 0.15) is 5.69 Å². The van der Waals surface area contributed by atoms with Crippen molar-refractivity contribution in [3.63, 3.8) is 0 Å². The van der Waals surface area contributed by atoms with Crippen molar-refractivity contribution in [1.82, 2.24) is 9.78 Å². The van der Waals surface area contributed by atoms with Crippen molar-refractivity contribution in [2.24, 2.45) is 0 Å². The number of aromatic nitrogens is 2. The van der Waals surface area contributed by atoms with Crippen LogP contribution in [0, 0.1) is 0 Å². The Morgan fingerprint density at radius 1 is 1.38 bits per heavy atom. The molecule has 0 radical (unpaired) electrons. The minimum absolute atomic E-state index is 0.307. The van der Waals surface area contributed by atoms with Crippen LogP contribution in [0.15, 0.2) is 0 Å². The van der Waals surface area contributed by atoms with E-state index in [9.17, 15) is 9.90 Å². The molecule has 2 aliphatic rings. The van der Waals surface area contributed by atoms with Gasteiger partial charge in [-0.05, 0) is 25.7 Å². The summed E-state index contributed by atoms with van der Waals surface area (Å²) in [4.78, 5) is 11.3.